The summed E-state index contributed by atoms with van der Waals surface area (Å²) in [4.78, 5) is 8.55. The molecule has 0 saturated carbocycles. The Morgan fingerprint density at radius 2 is 2.00 bits per heavy atom. The lowest BCUT2D eigenvalue weighted by molar-refractivity contribution is 1.11. The highest BCUT2D eigenvalue weighted by Crippen LogP contribution is 2.32. The zero-order valence-electron chi connectivity index (χ0n) is 8.64. The van der Waals surface area contributed by atoms with E-state index < -0.39 is 0 Å². The van der Waals surface area contributed by atoms with Gasteiger partial charge in [-0.25, -0.2) is 9.97 Å². The quantitative estimate of drug-likeness (QED) is 0.670. The van der Waals surface area contributed by atoms with E-state index in [-0.39, 0.29) is 0 Å². The molecule has 3 aromatic rings. The van der Waals surface area contributed by atoms with E-state index >= 15 is 0 Å². The van der Waals surface area contributed by atoms with Crippen LogP contribution in [0.2, 0.25) is 10.0 Å². The second kappa shape index (κ2) is 4.02. The minimum absolute atomic E-state index is 0.512. The van der Waals surface area contributed by atoms with Crippen LogP contribution in [0.3, 0.4) is 0 Å². The minimum atomic E-state index is 0.512. The van der Waals surface area contributed by atoms with Gasteiger partial charge in [0.25, 0.3) is 0 Å². The van der Waals surface area contributed by atoms with Gasteiger partial charge in [-0.05, 0) is 12.1 Å². The first-order valence-corrected chi connectivity index (χ1v) is 5.75. The molecule has 0 bridgehead atoms. The van der Waals surface area contributed by atoms with Crippen molar-refractivity contribution in [3.05, 3.63) is 52.9 Å². The Kier molecular flexibility index (Phi) is 2.50. The summed E-state index contributed by atoms with van der Waals surface area (Å²) < 4.78 is 1.84. The number of aromatic nitrogens is 3. The smallest absolute Gasteiger partial charge is 0.234 e. The maximum absolute atomic E-state index is 6.15. The van der Waals surface area contributed by atoms with Crippen molar-refractivity contribution >= 4 is 29.0 Å². The lowest BCUT2D eigenvalue weighted by atomic mass is 10.2. The molecule has 0 spiro atoms. The Morgan fingerprint density at radius 1 is 1.12 bits per heavy atom. The van der Waals surface area contributed by atoms with Crippen molar-refractivity contribution in [1.29, 1.82) is 0 Å². The first-order chi connectivity index (χ1) is 8.25. The molecular formula is C12H7Cl2N3. The van der Waals surface area contributed by atoms with Crippen LogP contribution in [0.4, 0.5) is 0 Å². The van der Waals surface area contributed by atoms with Crippen LogP contribution in [0.1, 0.15) is 0 Å². The van der Waals surface area contributed by atoms with Gasteiger partial charge >= 0.3 is 0 Å². The van der Waals surface area contributed by atoms with Crippen LogP contribution < -0.4 is 0 Å². The van der Waals surface area contributed by atoms with Gasteiger partial charge in [0, 0.05) is 24.2 Å². The molecule has 1 aromatic carbocycles. The highest BCUT2D eigenvalue weighted by Gasteiger charge is 2.10. The molecule has 0 radical (unpaired) electrons. The predicted octanol–water partition coefficient (Wildman–Crippen LogP) is 3.70. The van der Waals surface area contributed by atoms with E-state index in [1.165, 1.54) is 0 Å². The van der Waals surface area contributed by atoms with Gasteiger partial charge < -0.3 is 0 Å². The Balaban J connectivity index is 2.24. The average Bonchev–Trinajstić information content (AvgIpc) is 2.76. The second-order valence-electron chi connectivity index (χ2n) is 3.55. The third kappa shape index (κ3) is 1.77. The lowest BCUT2D eigenvalue weighted by Crippen LogP contribution is -1.83. The molecule has 17 heavy (non-hydrogen) atoms. The van der Waals surface area contributed by atoms with Gasteiger partial charge in [-0.2, -0.15) is 0 Å². The maximum atomic E-state index is 6.15. The number of hydrogen-bond acceptors (Lipinski definition) is 2. The molecule has 3 rings (SSSR count). The molecule has 0 aliphatic rings. The van der Waals surface area contributed by atoms with Crippen molar-refractivity contribution in [1.82, 2.24) is 14.4 Å². The van der Waals surface area contributed by atoms with Crippen LogP contribution in [0.15, 0.2) is 42.9 Å². The molecule has 0 N–H and O–H groups in total. The van der Waals surface area contributed by atoms with Gasteiger partial charge in [0.05, 0.1) is 15.7 Å². The number of hydrogen-bond donors (Lipinski definition) is 0. The third-order valence-corrected chi connectivity index (χ3v) is 3.28. The van der Waals surface area contributed by atoms with Crippen LogP contribution in [0, 0.1) is 0 Å². The SMILES string of the molecule is Clc1cccc(-c2cn3cccnc3n2)c1Cl. The van der Waals surface area contributed by atoms with Gasteiger partial charge in [0.1, 0.15) is 0 Å². The maximum Gasteiger partial charge on any atom is 0.234 e. The molecule has 0 amide bonds. The van der Waals surface area contributed by atoms with E-state index in [0.717, 1.165) is 11.3 Å². The van der Waals surface area contributed by atoms with Crippen molar-refractivity contribution in [2.75, 3.05) is 0 Å². The van der Waals surface area contributed by atoms with Gasteiger partial charge in [0.15, 0.2) is 0 Å². The van der Waals surface area contributed by atoms with Gasteiger partial charge in [-0.3, -0.25) is 4.40 Å². The topological polar surface area (TPSA) is 30.2 Å². The molecule has 0 atom stereocenters. The zero-order valence-corrected chi connectivity index (χ0v) is 10.2. The van der Waals surface area contributed by atoms with Crippen LogP contribution in [0.25, 0.3) is 17.0 Å². The third-order valence-electron chi connectivity index (χ3n) is 2.46. The second-order valence-corrected chi connectivity index (χ2v) is 4.34. The molecule has 5 heteroatoms. The van der Waals surface area contributed by atoms with Crippen molar-refractivity contribution < 1.29 is 0 Å². The normalized spacial score (nSPS) is 10.9. The molecule has 0 unspecified atom stereocenters. The van der Waals surface area contributed by atoms with Crippen molar-refractivity contribution in [2.24, 2.45) is 0 Å². The van der Waals surface area contributed by atoms with Gasteiger partial charge in [-0.1, -0.05) is 35.3 Å². The fourth-order valence-corrected chi connectivity index (χ4v) is 2.06. The predicted molar refractivity (Wildman–Crippen MR) is 68.4 cm³/mol. The summed E-state index contributed by atoms with van der Waals surface area (Å²) in [5.74, 6) is 0.638. The van der Waals surface area contributed by atoms with E-state index in [1.807, 2.05) is 35.0 Å². The fraction of sp³-hybridized carbons (Fsp3) is 0. The molecule has 2 aromatic heterocycles. The number of nitrogens with zero attached hydrogens (tertiary/aromatic N) is 3. The molecule has 3 nitrogen and oxygen atoms in total. The molecule has 0 aliphatic carbocycles. The Hall–Kier alpha value is -1.58. The van der Waals surface area contributed by atoms with Crippen LogP contribution in [-0.4, -0.2) is 14.4 Å². The number of rotatable bonds is 1. The number of imidazole rings is 1. The molecular weight excluding hydrogens is 257 g/mol. The number of halogens is 2. The van der Waals surface area contributed by atoms with Crippen molar-refractivity contribution in [3.8, 4) is 11.3 Å². The van der Waals surface area contributed by atoms with E-state index in [4.69, 9.17) is 23.2 Å². The summed E-state index contributed by atoms with van der Waals surface area (Å²) in [5, 5.41) is 1.03. The molecule has 0 aliphatic heterocycles. The standard InChI is InChI=1S/C12H7Cl2N3/c13-9-4-1-3-8(11(9)14)10-7-17-6-2-5-15-12(17)16-10/h1-7H. The molecule has 0 saturated heterocycles. The zero-order chi connectivity index (χ0) is 11.8. The van der Waals surface area contributed by atoms with Gasteiger partial charge in [0.2, 0.25) is 5.78 Å². The Bertz CT molecular complexity index is 658. The van der Waals surface area contributed by atoms with Crippen LogP contribution in [0.5, 0.6) is 0 Å². The average molecular weight is 264 g/mol. The van der Waals surface area contributed by atoms with Crippen molar-refractivity contribution in [3.63, 3.8) is 0 Å². The first kappa shape index (κ1) is 10.6. The number of fused-ring (bicyclic) bond motifs is 1. The lowest BCUT2D eigenvalue weighted by Gasteiger charge is -2.01. The monoisotopic (exact) mass is 263 g/mol. The van der Waals surface area contributed by atoms with Crippen LogP contribution in [-0.2, 0) is 0 Å². The van der Waals surface area contributed by atoms with E-state index in [2.05, 4.69) is 9.97 Å². The van der Waals surface area contributed by atoms with Crippen LogP contribution >= 0.6 is 23.2 Å². The number of benzene rings is 1. The Morgan fingerprint density at radius 3 is 2.82 bits per heavy atom. The van der Waals surface area contributed by atoms with Gasteiger partial charge in [-0.15, -0.1) is 0 Å². The van der Waals surface area contributed by atoms with Crippen molar-refractivity contribution in [2.45, 2.75) is 0 Å². The summed E-state index contributed by atoms with van der Waals surface area (Å²) in [7, 11) is 0. The van der Waals surface area contributed by atoms with E-state index in [1.54, 1.807) is 12.3 Å². The highest BCUT2D eigenvalue weighted by molar-refractivity contribution is 6.43. The summed E-state index contributed by atoms with van der Waals surface area (Å²) in [6.07, 6.45) is 5.46. The summed E-state index contributed by atoms with van der Waals surface area (Å²) >= 11 is 12.1. The van der Waals surface area contributed by atoms with E-state index in [0.29, 0.717) is 15.8 Å². The summed E-state index contributed by atoms with van der Waals surface area (Å²) in [6, 6.07) is 7.33. The van der Waals surface area contributed by atoms with E-state index in [9.17, 15) is 0 Å². The largest absolute Gasteiger partial charge is 0.291 e. The highest BCUT2D eigenvalue weighted by atomic mass is 35.5. The molecule has 2 heterocycles. The first-order valence-electron chi connectivity index (χ1n) is 5.00. The summed E-state index contributed by atoms with van der Waals surface area (Å²) in [6.45, 7) is 0. The Labute approximate surface area is 108 Å². The fourth-order valence-electron chi connectivity index (χ4n) is 1.66. The summed E-state index contributed by atoms with van der Waals surface area (Å²) in [5.41, 5.74) is 1.57. The molecule has 84 valence electrons. The molecule has 0 fully saturated rings. The minimum Gasteiger partial charge on any atom is -0.291 e.